The van der Waals surface area contributed by atoms with E-state index < -0.39 is 14.5 Å². The zero-order valence-corrected chi connectivity index (χ0v) is 12.0. The van der Waals surface area contributed by atoms with Crippen LogP contribution in [-0.4, -0.2) is 21.4 Å². The van der Waals surface area contributed by atoms with E-state index in [2.05, 4.69) is 0 Å². The van der Waals surface area contributed by atoms with E-state index in [4.69, 9.17) is 10.7 Å². The van der Waals surface area contributed by atoms with Gasteiger partial charge in [0.1, 0.15) is 0 Å². The average molecular weight is 288 g/mol. The lowest BCUT2D eigenvalue weighted by Gasteiger charge is -2.37. The standard InChI is InChI=1S/C12H14ClNO3S/c1-12(2)7-11(15)14(3)10-5-4-8(6-9(10)12)18(13,16)17/h4-6H,7H2,1-3H3. The van der Waals surface area contributed by atoms with Crippen molar-refractivity contribution in [1.82, 2.24) is 0 Å². The second-order valence-electron chi connectivity index (χ2n) is 5.13. The largest absolute Gasteiger partial charge is 0.315 e. The van der Waals surface area contributed by atoms with E-state index in [1.54, 1.807) is 24.1 Å². The number of hydrogen-bond donors (Lipinski definition) is 0. The molecule has 4 nitrogen and oxygen atoms in total. The lowest BCUT2D eigenvalue weighted by Crippen LogP contribution is -2.39. The van der Waals surface area contributed by atoms with Crippen LogP contribution >= 0.6 is 10.7 Å². The van der Waals surface area contributed by atoms with Gasteiger partial charge in [-0.15, -0.1) is 0 Å². The summed E-state index contributed by atoms with van der Waals surface area (Å²) in [6, 6.07) is 4.61. The molecule has 6 heteroatoms. The van der Waals surface area contributed by atoms with Gasteiger partial charge < -0.3 is 4.90 Å². The maximum Gasteiger partial charge on any atom is 0.261 e. The van der Waals surface area contributed by atoms with Crippen LogP contribution in [0, 0.1) is 0 Å². The first-order chi connectivity index (χ1) is 8.13. The van der Waals surface area contributed by atoms with Gasteiger partial charge in [-0.05, 0) is 23.8 Å². The first-order valence-electron chi connectivity index (χ1n) is 5.49. The highest BCUT2D eigenvalue weighted by molar-refractivity contribution is 8.13. The van der Waals surface area contributed by atoms with Crippen LogP contribution in [0.2, 0.25) is 0 Å². The van der Waals surface area contributed by atoms with Crippen LogP contribution in [0.3, 0.4) is 0 Å². The monoisotopic (exact) mass is 287 g/mol. The lowest BCUT2D eigenvalue weighted by molar-refractivity contribution is -0.119. The molecule has 0 fully saturated rings. The number of fused-ring (bicyclic) bond motifs is 1. The SMILES string of the molecule is CN1C(=O)CC(C)(C)c2cc(S(=O)(=O)Cl)ccc21. The van der Waals surface area contributed by atoms with E-state index >= 15 is 0 Å². The number of carbonyl (C=O) groups is 1. The summed E-state index contributed by atoms with van der Waals surface area (Å²) in [5.74, 6) is 0.0222. The summed E-state index contributed by atoms with van der Waals surface area (Å²) in [6.07, 6.45) is 0.349. The topological polar surface area (TPSA) is 54.5 Å². The van der Waals surface area contributed by atoms with Crippen LogP contribution in [-0.2, 0) is 19.3 Å². The number of benzene rings is 1. The maximum atomic E-state index is 11.8. The molecule has 0 aliphatic carbocycles. The lowest BCUT2D eigenvalue weighted by atomic mass is 9.77. The predicted octanol–water partition coefficient (Wildman–Crippen LogP) is 2.26. The van der Waals surface area contributed by atoms with Crippen LogP contribution in [0.5, 0.6) is 0 Å². The Morgan fingerprint density at radius 3 is 2.50 bits per heavy atom. The van der Waals surface area contributed by atoms with Crippen molar-refractivity contribution in [2.24, 2.45) is 0 Å². The van der Waals surface area contributed by atoms with Crippen molar-refractivity contribution in [3.63, 3.8) is 0 Å². The fourth-order valence-corrected chi connectivity index (χ4v) is 3.00. The van der Waals surface area contributed by atoms with Gasteiger partial charge in [0.05, 0.1) is 4.90 Å². The zero-order valence-electron chi connectivity index (χ0n) is 10.4. The molecular weight excluding hydrogens is 274 g/mol. The van der Waals surface area contributed by atoms with E-state index in [1.807, 2.05) is 13.8 Å². The molecule has 0 saturated heterocycles. The molecule has 1 aromatic carbocycles. The molecule has 0 radical (unpaired) electrons. The number of anilines is 1. The third-order valence-electron chi connectivity index (χ3n) is 3.31. The van der Waals surface area contributed by atoms with E-state index in [-0.39, 0.29) is 10.8 Å². The van der Waals surface area contributed by atoms with Crippen molar-refractivity contribution < 1.29 is 13.2 Å². The Balaban J connectivity index is 2.69. The van der Waals surface area contributed by atoms with Gasteiger partial charge in [0, 0.05) is 35.3 Å². The molecule has 0 atom stereocenters. The van der Waals surface area contributed by atoms with Crippen LogP contribution in [0.4, 0.5) is 5.69 Å². The van der Waals surface area contributed by atoms with E-state index in [0.717, 1.165) is 11.3 Å². The number of rotatable bonds is 1. The van der Waals surface area contributed by atoms with E-state index in [1.165, 1.54) is 6.07 Å². The predicted molar refractivity (Wildman–Crippen MR) is 70.5 cm³/mol. The molecule has 0 saturated carbocycles. The van der Waals surface area contributed by atoms with Crippen LogP contribution < -0.4 is 4.90 Å². The van der Waals surface area contributed by atoms with Gasteiger partial charge in [-0.2, -0.15) is 0 Å². The molecule has 0 aromatic heterocycles. The van der Waals surface area contributed by atoms with Crippen molar-refractivity contribution in [2.75, 3.05) is 11.9 Å². The van der Waals surface area contributed by atoms with Crippen LogP contribution in [0.15, 0.2) is 23.1 Å². The van der Waals surface area contributed by atoms with E-state index in [0.29, 0.717) is 6.42 Å². The minimum Gasteiger partial charge on any atom is -0.315 e. The first-order valence-corrected chi connectivity index (χ1v) is 7.79. The van der Waals surface area contributed by atoms with Gasteiger partial charge in [-0.25, -0.2) is 8.42 Å². The fourth-order valence-electron chi connectivity index (χ4n) is 2.23. The summed E-state index contributed by atoms with van der Waals surface area (Å²) in [4.78, 5) is 13.5. The van der Waals surface area contributed by atoms with Crippen LogP contribution in [0.25, 0.3) is 0 Å². The minimum atomic E-state index is -3.75. The highest BCUT2D eigenvalue weighted by Gasteiger charge is 2.35. The summed E-state index contributed by atoms with van der Waals surface area (Å²) < 4.78 is 22.7. The second kappa shape index (κ2) is 3.96. The zero-order chi connectivity index (χ0) is 13.7. The van der Waals surface area contributed by atoms with Gasteiger partial charge in [0.2, 0.25) is 5.91 Å². The minimum absolute atomic E-state index is 0.0222. The quantitative estimate of drug-likeness (QED) is 0.745. The summed E-state index contributed by atoms with van der Waals surface area (Å²) in [5, 5.41) is 0. The summed E-state index contributed by atoms with van der Waals surface area (Å²) in [6.45, 7) is 3.84. The molecule has 1 heterocycles. The molecule has 1 amide bonds. The summed E-state index contributed by atoms with van der Waals surface area (Å²) >= 11 is 0. The van der Waals surface area contributed by atoms with Gasteiger partial charge in [-0.3, -0.25) is 4.79 Å². The first kappa shape index (κ1) is 13.4. The van der Waals surface area contributed by atoms with Crippen molar-refractivity contribution in [3.8, 4) is 0 Å². The maximum absolute atomic E-state index is 11.8. The Morgan fingerprint density at radius 1 is 1.33 bits per heavy atom. The smallest absolute Gasteiger partial charge is 0.261 e. The summed E-state index contributed by atoms with van der Waals surface area (Å²) in [5.41, 5.74) is 1.17. The highest BCUT2D eigenvalue weighted by Crippen LogP contribution is 2.40. The molecule has 0 N–H and O–H groups in total. The number of carbonyl (C=O) groups excluding carboxylic acids is 1. The molecule has 2 rings (SSSR count). The van der Waals surface area contributed by atoms with Gasteiger partial charge in [-0.1, -0.05) is 13.8 Å². The average Bonchev–Trinajstić information content (AvgIpc) is 2.24. The Hall–Kier alpha value is -1.07. The normalized spacial score (nSPS) is 18.7. The molecule has 1 aliphatic rings. The van der Waals surface area contributed by atoms with Gasteiger partial charge in [0.25, 0.3) is 9.05 Å². The van der Waals surface area contributed by atoms with Crippen molar-refractivity contribution in [1.29, 1.82) is 0 Å². The van der Waals surface area contributed by atoms with Crippen molar-refractivity contribution >= 4 is 31.3 Å². The Bertz CT molecular complexity index is 622. The highest BCUT2D eigenvalue weighted by atomic mass is 35.7. The van der Waals surface area contributed by atoms with E-state index in [9.17, 15) is 13.2 Å². The molecule has 0 unspecified atom stereocenters. The Labute approximate surface area is 111 Å². The Morgan fingerprint density at radius 2 is 1.94 bits per heavy atom. The number of halogens is 1. The van der Waals surface area contributed by atoms with Crippen LogP contribution in [0.1, 0.15) is 25.8 Å². The summed E-state index contributed by atoms with van der Waals surface area (Å²) in [7, 11) is 3.29. The molecule has 0 spiro atoms. The molecule has 18 heavy (non-hydrogen) atoms. The molecule has 98 valence electrons. The van der Waals surface area contributed by atoms with Crippen molar-refractivity contribution in [3.05, 3.63) is 23.8 Å². The molecule has 1 aliphatic heterocycles. The number of nitrogens with zero attached hydrogens (tertiary/aromatic N) is 1. The molecule has 1 aromatic rings. The second-order valence-corrected chi connectivity index (χ2v) is 7.70. The Kier molecular flexibility index (Phi) is 2.94. The van der Waals surface area contributed by atoms with Crippen molar-refractivity contribution in [2.45, 2.75) is 30.6 Å². The molecular formula is C12H14ClNO3S. The third-order valence-corrected chi connectivity index (χ3v) is 4.66. The van der Waals surface area contributed by atoms with Gasteiger partial charge >= 0.3 is 0 Å². The number of hydrogen-bond acceptors (Lipinski definition) is 3. The fraction of sp³-hybridized carbons (Fsp3) is 0.417. The third kappa shape index (κ3) is 2.12. The molecule has 0 bridgehead atoms. The van der Waals surface area contributed by atoms with Gasteiger partial charge in [0.15, 0.2) is 0 Å². The number of amides is 1.